The van der Waals surface area contributed by atoms with E-state index in [9.17, 15) is 4.79 Å². The number of amides is 1. The number of hydrogen-bond acceptors (Lipinski definition) is 6. The number of benzene rings is 2. The van der Waals surface area contributed by atoms with E-state index in [2.05, 4.69) is 21.6 Å². The molecule has 1 N–H and O–H groups in total. The number of amidine groups is 2. The van der Waals surface area contributed by atoms with Gasteiger partial charge >= 0.3 is 0 Å². The lowest BCUT2D eigenvalue weighted by Crippen LogP contribution is -2.35. The second-order valence-corrected chi connectivity index (χ2v) is 10.5. The standard InChI is InChI=1S/C30H33N5O3S/c1-3-4-5-6-7-12-27-33-35-28(31)25(29(36)32-30(35)39-27)19-21-20-34(26-11-9-8-10-24(21)26)17-18-38-23-15-13-22(37-2)14-16-23/h8-11,13-16,19-20,31H,3-7,12,17-18H2,1-2H3/b25-19+,31-28?. The van der Waals surface area contributed by atoms with Crippen molar-refractivity contribution in [2.24, 2.45) is 10.1 Å². The van der Waals surface area contributed by atoms with Crippen molar-refractivity contribution in [1.82, 2.24) is 9.58 Å². The molecule has 8 nitrogen and oxygen atoms in total. The Morgan fingerprint density at radius 2 is 1.79 bits per heavy atom. The van der Waals surface area contributed by atoms with E-state index in [0.29, 0.717) is 18.3 Å². The van der Waals surface area contributed by atoms with Crippen LogP contribution in [-0.2, 0) is 11.3 Å². The van der Waals surface area contributed by atoms with Gasteiger partial charge in [-0.25, -0.2) is 0 Å². The molecule has 202 valence electrons. The molecular formula is C30H33N5O3S. The molecule has 2 aliphatic rings. The summed E-state index contributed by atoms with van der Waals surface area (Å²) < 4.78 is 13.2. The van der Waals surface area contributed by atoms with Gasteiger partial charge in [-0.2, -0.15) is 15.1 Å². The summed E-state index contributed by atoms with van der Waals surface area (Å²) in [7, 11) is 1.64. The molecule has 5 rings (SSSR count). The van der Waals surface area contributed by atoms with Crippen LogP contribution in [0.25, 0.3) is 17.0 Å². The van der Waals surface area contributed by atoms with E-state index in [0.717, 1.165) is 52.3 Å². The third-order valence-electron chi connectivity index (χ3n) is 6.77. The SMILES string of the molecule is CCCCCCCC1=NN2C(=N)/C(=C\c3cn(CCOc4ccc(OC)cc4)c4ccccc34)C(=O)N=C2S1. The van der Waals surface area contributed by atoms with Gasteiger partial charge in [0.15, 0.2) is 5.84 Å². The number of rotatable bonds is 12. The molecule has 0 saturated heterocycles. The summed E-state index contributed by atoms with van der Waals surface area (Å²) in [5, 5.41) is 17.3. The summed E-state index contributed by atoms with van der Waals surface area (Å²) in [6.45, 7) is 3.30. The van der Waals surface area contributed by atoms with Crippen LogP contribution >= 0.6 is 11.8 Å². The van der Waals surface area contributed by atoms with E-state index in [1.807, 2.05) is 54.7 Å². The van der Waals surface area contributed by atoms with Gasteiger partial charge in [0.2, 0.25) is 5.17 Å². The molecule has 3 aromatic rings. The first-order valence-corrected chi connectivity index (χ1v) is 14.2. The van der Waals surface area contributed by atoms with E-state index in [1.54, 1.807) is 13.2 Å². The molecule has 2 aromatic carbocycles. The fraction of sp³-hybridized carbons (Fsp3) is 0.333. The molecule has 0 saturated carbocycles. The molecule has 0 fully saturated rings. The van der Waals surface area contributed by atoms with Gasteiger partial charge in [0.05, 0.1) is 19.2 Å². The highest BCUT2D eigenvalue weighted by Gasteiger charge is 2.35. The van der Waals surface area contributed by atoms with Crippen LogP contribution in [0, 0.1) is 5.41 Å². The average Bonchev–Trinajstić information content (AvgIpc) is 3.52. The molecule has 0 bridgehead atoms. The molecule has 3 heterocycles. The normalized spacial score (nSPS) is 16.1. The topological polar surface area (TPSA) is 92.3 Å². The van der Waals surface area contributed by atoms with E-state index in [4.69, 9.17) is 14.9 Å². The highest BCUT2D eigenvalue weighted by atomic mass is 32.2. The molecule has 0 atom stereocenters. The predicted molar refractivity (Wildman–Crippen MR) is 159 cm³/mol. The Kier molecular flexibility index (Phi) is 8.46. The molecule has 2 aliphatic heterocycles. The number of aromatic nitrogens is 1. The minimum Gasteiger partial charge on any atom is -0.497 e. The first-order chi connectivity index (χ1) is 19.1. The van der Waals surface area contributed by atoms with Gasteiger partial charge in [0.1, 0.15) is 23.1 Å². The fourth-order valence-electron chi connectivity index (χ4n) is 4.68. The maximum Gasteiger partial charge on any atom is 0.283 e. The highest BCUT2D eigenvalue weighted by Crippen LogP contribution is 2.31. The number of unbranched alkanes of at least 4 members (excludes halogenated alkanes) is 4. The van der Waals surface area contributed by atoms with Crippen molar-refractivity contribution in [2.75, 3.05) is 13.7 Å². The maximum absolute atomic E-state index is 13.0. The van der Waals surface area contributed by atoms with Crippen LogP contribution in [0.5, 0.6) is 11.5 Å². The fourth-order valence-corrected chi connectivity index (χ4v) is 5.60. The first kappa shape index (κ1) is 26.7. The van der Waals surface area contributed by atoms with Crippen LogP contribution in [0.4, 0.5) is 0 Å². The lowest BCUT2D eigenvalue weighted by atomic mass is 10.1. The number of nitrogens with zero attached hydrogens (tertiary/aromatic N) is 4. The van der Waals surface area contributed by atoms with Crippen LogP contribution < -0.4 is 9.47 Å². The van der Waals surface area contributed by atoms with Crippen LogP contribution in [0.15, 0.2) is 70.4 Å². The largest absolute Gasteiger partial charge is 0.497 e. The van der Waals surface area contributed by atoms with E-state index < -0.39 is 5.91 Å². The smallest absolute Gasteiger partial charge is 0.283 e. The van der Waals surface area contributed by atoms with Crippen LogP contribution in [0.1, 0.15) is 51.0 Å². The van der Waals surface area contributed by atoms with Gasteiger partial charge in [-0.1, -0.05) is 50.8 Å². The number of methoxy groups -OCH3 is 1. The summed E-state index contributed by atoms with van der Waals surface area (Å²) in [4.78, 5) is 17.3. The number of carbonyl (C=O) groups excluding carboxylic acids is 1. The second-order valence-electron chi connectivity index (χ2n) is 9.50. The van der Waals surface area contributed by atoms with Crippen LogP contribution in [0.2, 0.25) is 0 Å². The zero-order valence-corrected chi connectivity index (χ0v) is 23.2. The molecular weight excluding hydrogens is 510 g/mol. The van der Waals surface area contributed by atoms with Gasteiger partial charge in [-0.15, -0.1) is 0 Å². The first-order valence-electron chi connectivity index (χ1n) is 13.4. The maximum atomic E-state index is 13.0. The van der Waals surface area contributed by atoms with Crippen LogP contribution in [0.3, 0.4) is 0 Å². The monoisotopic (exact) mass is 543 g/mol. The van der Waals surface area contributed by atoms with E-state index in [1.165, 1.54) is 36.0 Å². The van der Waals surface area contributed by atoms with Gasteiger partial charge in [0, 0.05) is 22.7 Å². The second kappa shape index (κ2) is 12.3. The summed E-state index contributed by atoms with van der Waals surface area (Å²) in [5.41, 5.74) is 2.13. The third-order valence-corrected chi connectivity index (χ3v) is 7.74. The molecule has 1 aromatic heterocycles. The predicted octanol–water partition coefficient (Wildman–Crippen LogP) is 6.71. The Balaban J connectivity index is 1.31. The van der Waals surface area contributed by atoms with Crippen molar-refractivity contribution in [3.8, 4) is 11.5 Å². The number of para-hydroxylation sites is 1. The molecule has 0 unspecified atom stereocenters. The molecule has 39 heavy (non-hydrogen) atoms. The summed E-state index contributed by atoms with van der Waals surface area (Å²) >= 11 is 1.40. The zero-order chi connectivity index (χ0) is 27.2. The van der Waals surface area contributed by atoms with Crippen molar-refractivity contribution in [1.29, 1.82) is 5.41 Å². The summed E-state index contributed by atoms with van der Waals surface area (Å²) in [6.07, 6.45) is 10.5. The Morgan fingerprint density at radius 1 is 1.03 bits per heavy atom. The molecule has 0 radical (unpaired) electrons. The Morgan fingerprint density at radius 3 is 2.59 bits per heavy atom. The van der Waals surface area contributed by atoms with Gasteiger partial charge < -0.3 is 14.0 Å². The number of aliphatic imine (C=N–C) groups is 1. The van der Waals surface area contributed by atoms with Crippen molar-refractivity contribution in [2.45, 2.75) is 52.0 Å². The Hall–Kier alpha value is -3.85. The van der Waals surface area contributed by atoms with E-state index >= 15 is 0 Å². The average molecular weight is 544 g/mol. The highest BCUT2D eigenvalue weighted by molar-refractivity contribution is 8.26. The van der Waals surface area contributed by atoms with Crippen molar-refractivity contribution >= 4 is 50.7 Å². The van der Waals surface area contributed by atoms with Crippen molar-refractivity contribution in [3.63, 3.8) is 0 Å². The number of thioether (sulfide) groups is 1. The lowest BCUT2D eigenvalue weighted by molar-refractivity contribution is -0.114. The molecule has 0 aliphatic carbocycles. The molecule has 0 spiro atoms. The van der Waals surface area contributed by atoms with Gasteiger partial charge in [-0.3, -0.25) is 10.2 Å². The Bertz CT molecular complexity index is 1460. The summed E-state index contributed by atoms with van der Waals surface area (Å²) in [5.74, 6) is 1.22. The minimum atomic E-state index is -0.405. The lowest BCUT2D eigenvalue weighted by Gasteiger charge is -2.20. The minimum absolute atomic E-state index is 0.0677. The number of hydrazone groups is 1. The molecule has 1 amide bonds. The van der Waals surface area contributed by atoms with Crippen LogP contribution in [-0.4, -0.2) is 45.2 Å². The number of hydrogen-bond donors (Lipinski definition) is 1. The summed E-state index contributed by atoms with van der Waals surface area (Å²) in [6, 6.07) is 15.5. The number of fused-ring (bicyclic) bond motifs is 2. The number of ether oxygens (including phenoxy) is 2. The molecule has 9 heteroatoms. The van der Waals surface area contributed by atoms with Crippen molar-refractivity contribution in [3.05, 3.63) is 65.9 Å². The Labute approximate surface area is 232 Å². The van der Waals surface area contributed by atoms with Gasteiger partial charge in [0.25, 0.3) is 5.91 Å². The third kappa shape index (κ3) is 6.09. The number of carbonyl (C=O) groups is 1. The van der Waals surface area contributed by atoms with Crippen molar-refractivity contribution < 1.29 is 14.3 Å². The van der Waals surface area contributed by atoms with Gasteiger partial charge in [-0.05, 0) is 61.0 Å². The van der Waals surface area contributed by atoms with E-state index in [-0.39, 0.29) is 11.4 Å². The zero-order valence-electron chi connectivity index (χ0n) is 22.4. The number of nitrogens with one attached hydrogen (secondary N) is 1. The quantitative estimate of drug-likeness (QED) is 0.202.